The van der Waals surface area contributed by atoms with E-state index in [9.17, 15) is 18.0 Å². The van der Waals surface area contributed by atoms with Crippen LogP contribution in [0.5, 0.6) is 0 Å². The lowest BCUT2D eigenvalue weighted by molar-refractivity contribution is -0.137. The highest BCUT2D eigenvalue weighted by Gasteiger charge is 2.30. The van der Waals surface area contributed by atoms with Crippen LogP contribution in [-0.4, -0.2) is 36.9 Å². The molecule has 0 radical (unpaired) electrons. The van der Waals surface area contributed by atoms with Crippen LogP contribution >= 0.6 is 23.2 Å². The van der Waals surface area contributed by atoms with E-state index < -0.39 is 11.7 Å². The predicted octanol–water partition coefficient (Wildman–Crippen LogP) is 6.59. The number of nitrogens with one attached hydrogen (secondary N) is 1. The molecule has 0 aliphatic rings. The maximum Gasteiger partial charge on any atom is 0.416 e. The van der Waals surface area contributed by atoms with Gasteiger partial charge in [-0.25, -0.2) is 0 Å². The fraction of sp³-hybridized carbons (Fsp3) is 0.348. The van der Waals surface area contributed by atoms with E-state index in [4.69, 9.17) is 23.2 Å². The maximum atomic E-state index is 12.7. The summed E-state index contributed by atoms with van der Waals surface area (Å²) in [6, 6.07) is 8.59. The SMILES string of the molecule is CCN(CC)CCc1ccc(NCC(=O)/C=C/c2ccc(C(F)(F)F)cc2Cl)cc1Cl. The van der Waals surface area contributed by atoms with Crippen LogP contribution in [0, 0.1) is 0 Å². The fourth-order valence-corrected chi connectivity index (χ4v) is 3.47. The second-order valence-electron chi connectivity index (χ2n) is 6.97. The van der Waals surface area contributed by atoms with Gasteiger partial charge in [-0.3, -0.25) is 4.79 Å². The third-order valence-corrected chi connectivity index (χ3v) is 5.57. The Hall–Kier alpha value is -2.02. The first kappa shape index (κ1) is 25.2. The minimum atomic E-state index is -4.46. The molecule has 1 N–H and O–H groups in total. The topological polar surface area (TPSA) is 32.3 Å². The summed E-state index contributed by atoms with van der Waals surface area (Å²) in [4.78, 5) is 14.4. The smallest absolute Gasteiger partial charge is 0.378 e. The molecule has 0 saturated heterocycles. The van der Waals surface area contributed by atoms with Crippen LogP contribution < -0.4 is 5.32 Å². The van der Waals surface area contributed by atoms with Crippen LogP contribution in [-0.2, 0) is 17.4 Å². The number of benzene rings is 2. The molecule has 0 spiro atoms. The highest BCUT2D eigenvalue weighted by molar-refractivity contribution is 6.32. The van der Waals surface area contributed by atoms with Gasteiger partial charge in [-0.15, -0.1) is 0 Å². The van der Waals surface area contributed by atoms with Gasteiger partial charge in [0.05, 0.1) is 12.1 Å². The molecule has 0 fully saturated rings. The van der Waals surface area contributed by atoms with Gasteiger partial charge in [0, 0.05) is 22.3 Å². The number of ketones is 1. The van der Waals surface area contributed by atoms with E-state index in [1.165, 1.54) is 18.2 Å². The summed E-state index contributed by atoms with van der Waals surface area (Å²) >= 11 is 12.3. The Balaban J connectivity index is 1.92. The number of hydrogen-bond acceptors (Lipinski definition) is 3. The van der Waals surface area contributed by atoms with E-state index in [0.717, 1.165) is 43.8 Å². The van der Waals surface area contributed by atoms with Crippen LogP contribution in [0.4, 0.5) is 18.9 Å². The van der Waals surface area contributed by atoms with E-state index >= 15 is 0 Å². The third-order valence-electron chi connectivity index (χ3n) is 4.89. The Kier molecular flexibility index (Phi) is 9.41. The molecule has 0 saturated carbocycles. The molecule has 3 nitrogen and oxygen atoms in total. The summed E-state index contributed by atoms with van der Waals surface area (Å²) in [5.74, 6) is -0.252. The fourth-order valence-electron chi connectivity index (χ4n) is 2.95. The number of halogens is 5. The molecule has 0 bridgehead atoms. The average Bonchev–Trinajstić information content (AvgIpc) is 2.72. The molecule has 0 aliphatic heterocycles. The monoisotopic (exact) mass is 472 g/mol. The lowest BCUT2D eigenvalue weighted by Gasteiger charge is -2.18. The largest absolute Gasteiger partial charge is 0.416 e. The van der Waals surface area contributed by atoms with Crippen molar-refractivity contribution < 1.29 is 18.0 Å². The summed E-state index contributed by atoms with van der Waals surface area (Å²) in [5, 5.41) is 3.57. The molecule has 0 aromatic heterocycles. The first-order valence-corrected chi connectivity index (χ1v) is 10.7. The van der Waals surface area contributed by atoms with E-state index in [-0.39, 0.29) is 17.4 Å². The zero-order valence-corrected chi connectivity index (χ0v) is 18.9. The molecule has 168 valence electrons. The van der Waals surface area contributed by atoms with Crippen LogP contribution in [0.2, 0.25) is 10.0 Å². The van der Waals surface area contributed by atoms with Crippen molar-refractivity contribution >= 4 is 40.7 Å². The summed E-state index contributed by atoms with van der Waals surface area (Å²) in [5.41, 5.74) is 1.26. The quantitative estimate of drug-likeness (QED) is 0.395. The van der Waals surface area contributed by atoms with Gasteiger partial charge in [0.1, 0.15) is 0 Å². The van der Waals surface area contributed by atoms with Crippen molar-refractivity contribution in [1.82, 2.24) is 4.90 Å². The Morgan fingerprint density at radius 2 is 1.77 bits per heavy atom. The highest BCUT2D eigenvalue weighted by Crippen LogP contribution is 2.32. The zero-order valence-electron chi connectivity index (χ0n) is 17.4. The number of anilines is 1. The van der Waals surface area contributed by atoms with E-state index in [1.54, 1.807) is 6.07 Å². The molecule has 0 atom stereocenters. The first-order chi connectivity index (χ1) is 14.6. The molecule has 2 aromatic carbocycles. The molecular weight excluding hydrogens is 448 g/mol. The second-order valence-corrected chi connectivity index (χ2v) is 7.78. The van der Waals surface area contributed by atoms with Gasteiger partial charge in [0.2, 0.25) is 0 Å². The van der Waals surface area contributed by atoms with Crippen molar-refractivity contribution in [2.75, 3.05) is 31.5 Å². The molecule has 0 amide bonds. The van der Waals surface area contributed by atoms with Crippen LogP contribution in [0.3, 0.4) is 0 Å². The van der Waals surface area contributed by atoms with Crippen molar-refractivity contribution in [3.8, 4) is 0 Å². The second kappa shape index (κ2) is 11.6. The van der Waals surface area contributed by atoms with E-state index in [2.05, 4.69) is 24.1 Å². The van der Waals surface area contributed by atoms with Crippen molar-refractivity contribution in [2.24, 2.45) is 0 Å². The van der Waals surface area contributed by atoms with Crippen LogP contribution in [0.1, 0.15) is 30.5 Å². The number of carbonyl (C=O) groups is 1. The molecule has 8 heteroatoms. The molecule has 31 heavy (non-hydrogen) atoms. The van der Waals surface area contributed by atoms with Crippen molar-refractivity contribution in [3.63, 3.8) is 0 Å². The summed E-state index contributed by atoms with van der Waals surface area (Å²) in [7, 11) is 0. The standard InChI is InChI=1S/C23H25Cl2F3N2O/c1-3-30(4-2)12-11-17-6-9-19(14-22(17)25)29-15-20(31)10-7-16-5-8-18(13-21(16)24)23(26,27)28/h5-10,13-14,29H,3-4,11-12,15H2,1-2H3/b10-7+. The Labute approximate surface area is 190 Å². The molecule has 2 rings (SSSR count). The Morgan fingerprint density at radius 1 is 1.06 bits per heavy atom. The Bertz CT molecular complexity index is 926. The van der Waals surface area contributed by atoms with Crippen LogP contribution in [0.25, 0.3) is 6.08 Å². The normalized spacial score (nSPS) is 12.0. The molecular formula is C23H25Cl2F3N2O. The number of rotatable bonds is 10. The lowest BCUT2D eigenvalue weighted by atomic mass is 10.1. The zero-order chi connectivity index (χ0) is 23.0. The van der Waals surface area contributed by atoms with Gasteiger partial charge in [0.15, 0.2) is 5.78 Å². The van der Waals surface area contributed by atoms with E-state index in [0.29, 0.717) is 16.3 Å². The first-order valence-electron chi connectivity index (χ1n) is 9.96. The third kappa shape index (κ3) is 7.87. The number of alkyl halides is 3. The van der Waals surface area contributed by atoms with Gasteiger partial charge in [-0.1, -0.05) is 49.2 Å². The van der Waals surface area contributed by atoms with Gasteiger partial charge in [-0.2, -0.15) is 13.2 Å². The van der Waals surface area contributed by atoms with Gasteiger partial charge in [0.25, 0.3) is 0 Å². The number of likely N-dealkylation sites (N-methyl/N-ethyl adjacent to an activating group) is 1. The number of hydrogen-bond donors (Lipinski definition) is 1. The minimum Gasteiger partial charge on any atom is -0.378 e. The lowest BCUT2D eigenvalue weighted by Crippen LogP contribution is -2.25. The summed E-state index contributed by atoms with van der Waals surface area (Å²) < 4.78 is 38.1. The molecule has 0 aliphatic carbocycles. The van der Waals surface area contributed by atoms with Crippen molar-refractivity contribution in [1.29, 1.82) is 0 Å². The highest BCUT2D eigenvalue weighted by atomic mass is 35.5. The molecule has 2 aromatic rings. The van der Waals surface area contributed by atoms with Gasteiger partial charge in [-0.05, 0) is 67.1 Å². The van der Waals surface area contributed by atoms with Gasteiger partial charge >= 0.3 is 6.18 Å². The average molecular weight is 473 g/mol. The summed E-state index contributed by atoms with van der Waals surface area (Å²) in [6.07, 6.45) is -0.943. The van der Waals surface area contributed by atoms with Crippen LogP contribution in [0.15, 0.2) is 42.5 Å². The van der Waals surface area contributed by atoms with Crippen molar-refractivity contribution in [3.05, 3.63) is 69.2 Å². The predicted molar refractivity (Wildman–Crippen MR) is 122 cm³/mol. The van der Waals surface area contributed by atoms with Crippen molar-refractivity contribution in [2.45, 2.75) is 26.4 Å². The van der Waals surface area contributed by atoms with E-state index in [1.807, 2.05) is 12.1 Å². The number of carbonyl (C=O) groups excluding carboxylic acids is 1. The Morgan fingerprint density at radius 3 is 2.35 bits per heavy atom. The molecule has 0 heterocycles. The number of nitrogens with zero attached hydrogens (tertiary/aromatic N) is 1. The van der Waals surface area contributed by atoms with Gasteiger partial charge < -0.3 is 10.2 Å². The molecule has 0 unspecified atom stereocenters. The minimum absolute atomic E-state index is 0.0177. The maximum absolute atomic E-state index is 12.7. The summed E-state index contributed by atoms with van der Waals surface area (Å²) in [6.45, 7) is 7.16.